The lowest BCUT2D eigenvalue weighted by Crippen LogP contribution is -2.23. The molecule has 8 heteroatoms. The van der Waals surface area contributed by atoms with Gasteiger partial charge >= 0.3 is 5.97 Å². The van der Waals surface area contributed by atoms with Gasteiger partial charge in [0.1, 0.15) is 0 Å². The van der Waals surface area contributed by atoms with Crippen molar-refractivity contribution in [1.82, 2.24) is 15.3 Å². The lowest BCUT2D eigenvalue weighted by atomic mass is 10.0. The number of aryl methyl sites for hydroxylation is 3. The van der Waals surface area contributed by atoms with Gasteiger partial charge in [-0.15, -0.1) is 0 Å². The number of fused-ring (bicyclic) bond motifs is 1. The first kappa shape index (κ1) is 28.3. The van der Waals surface area contributed by atoms with Crippen molar-refractivity contribution >= 4 is 46.1 Å². The van der Waals surface area contributed by atoms with Crippen LogP contribution in [0.5, 0.6) is 0 Å². The van der Waals surface area contributed by atoms with Crippen molar-refractivity contribution in [2.75, 3.05) is 0 Å². The van der Waals surface area contributed by atoms with Gasteiger partial charge in [0, 0.05) is 27.7 Å². The van der Waals surface area contributed by atoms with Crippen LogP contribution in [0.2, 0.25) is 10.0 Å². The molecule has 0 aliphatic heterocycles. The molecule has 1 heterocycles. The van der Waals surface area contributed by atoms with Crippen LogP contribution in [0.15, 0.2) is 84.9 Å². The van der Waals surface area contributed by atoms with Crippen LogP contribution in [0.4, 0.5) is 0 Å². The highest BCUT2D eigenvalue weighted by Crippen LogP contribution is 2.28. The number of hydrogen-bond acceptors (Lipinski definition) is 4. The minimum Gasteiger partial charge on any atom is -0.481 e. The number of carboxylic acid groups (broad SMARTS) is 1. The Morgan fingerprint density at radius 2 is 1.49 bits per heavy atom. The number of rotatable bonds is 9. The van der Waals surface area contributed by atoms with E-state index in [1.807, 2.05) is 79.7 Å². The number of amides is 1. The topological polar surface area (TPSA) is 92.2 Å². The molecule has 5 aromatic rings. The van der Waals surface area contributed by atoms with Crippen LogP contribution in [0.3, 0.4) is 0 Å². The van der Waals surface area contributed by atoms with Crippen LogP contribution in [0, 0.1) is 6.92 Å². The van der Waals surface area contributed by atoms with Gasteiger partial charge in [-0.25, -0.2) is 9.97 Å². The zero-order valence-electron chi connectivity index (χ0n) is 22.3. The van der Waals surface area contributed by atoms with E-state index >= 15 is 0 Å². The number of carboxylic acids is 1. The van der Waals surface area contributed by atoms with Gasteiger partial charge in [0.25, 0.3) is 5.91 Å². The van der Waals surface area contributed by atoms with E-state index in [1.165, 1.54) is 0 Å². The molecular weight excluding hydrogens is 557 g/mol. The van der Waals surface area contributed by atoms with Gasteiger partial charge in [0.05, 0.1) is 28.8 Å². The Kier molecular flexibility index (Phi) is 8.62. The van der Waals surface area contributed by atoms with E-state index in [-0.39, 0.29) is 12.3 Å². The maximum atomic E-state index is 13.1. The number of hydrogen-bond donors (Lipinski definition) is 2. The third kappa shape index (κ3) is 7.09. The smallest absolute Gasteiger partial charge is 0.307 e. The minimum absolute atomic E-state index is 0.0266. The molecule has 0 spiro atoms. The van der Waals surface area contributed by atoms with Gasteiger partial charge in [-0.05, 0) is 78.4 Å². The van der Waals surface area contributed by atoms with Crippen molar-refractivity contribution in [1.29, 1.82) is 0 Å². The summed E-state index contributed by atoms with van der Waals surface area (Å²) >= 11 is 12.2. The molecule has 206 valence electrons. The Morgan fingerprint density at radius 1 is 0.780 bits per heavy atom. The monoisotopic (exact) mass is 583 g/mol. The number of aliphatic carboxylic acids is 1. The van der Waals surface area contributed by atoms with E-state index < -0.39 is 5.97 Å². The summed E-state index contributed by atoms with van der Waals surface area (Å²) in [6, 6.07) is 26.1. The Labute approximate surface area is 248 Å². The Hall–Kier alpha value is -4.26. The molecule has 2 N–H and O–H groups in total. The summed E-state index contributed by atoms with van der Waals surface area (Å²) in [7, 11) is 0. The predicted octanol–water partition coefficient (Wildman–Crippen LogP) is 7.25. The van der Waals surface area contributed by atoms with Crippen LogP contribution in [-0.2, 0) is 30.6 Å². The maximum Gasteiger partial charge on any atom is 0.307 e. The first-order chi connectivity index (χ1) is 19.7. The summed E-state index contributed by atoms with van der Waals surface area (Å²) in [5.41, 5.74) is 7.71. The van der Waals surface area contributed by atoms with E-state index in [4.69, 9.17) is 33.2 Å². The third-order valence-electron chi connectivity index (χ3n) is 6.78. The Bertz CT molecular complexity index is 1750. The van der Waals surface area contributed by atoms with Crippen LogP contribution in [0.1, 0.15) is 38.3 Å². The normalized spacial score (nSPS) is 11.0. The summed E-state index contributed by atoms with van der Waals surface area (Å²) in [5.74, 6) is -1.07. The highest BCUT2D eigenvalue weighted by molar-refractivity contribution is 6.30. The van der Waals surface area contributed by atoms with E-state index in [1.54, 1.807) is 12.1 Å². The number of halogens is 2. The fraction of sp³-hybridized carbons (Fsp3) is 0.152. The second kappa shape index (κ2) is 12.5. The molecular formula is C33H27Cl2N3O3. The van der Waals surface area contributed by atoms with Crippen molar-refractivity contribution in [2.24, 2.45) is 0 Å². The fourth-order valence-electron chi connectivity index (χ4n) is 4.76. The van der Waals surface area contributed by atoms with Crippen molar-refractivity contribution < 1.29 is 14.7 Å². The standard InChI is InChI=1S/C33H27Cl2N3O3/c1-20-14-29-30(18-27(20)33(41)36-19-23-6-3-7-26(35)16-23)37-28(32(38-29)24-9-11-25(34)12-10-24)13-8-21-4-2-5-22(15-21)17-31(39)40/h2-7,9-12,14-16,18H,8,13,17,19H2,1H3,(H,36,41)(H,39,40). The Balaban J connectivity index is 1.47. The molecule has 0 fully saturated rings. The number of nitrogens with one attached hydrogen (secondary N) is 1. The van der Waals surface area contributed by atoms with Gasteiger partial charge in [-0.3, -0.25) is 9.59 Å². The summed E-state index contributed by atoms with van der Waals surface area (Å²) in [4.78, 5) is 34.3. The van der Waals surface area contributed by atoms with Gasteiger partial charge < -0.3 is 10.4 Å². The van der Waals surface area contributed by atoms with E-state index in [9.17, 15) is 14.7 Å². The van der Waals surface area contributed by atoms with Gasteiger partial charge in [-0.1, -0.05) is 71.7 Å². The molecule has 0 radical (unpaired) electrons. The molecule has 0 unspecified atom stereocenters. The minimum atomic E-state index is -0.865. The van der Waals surface area contributed by atoms with Crippen LogP contribution < -0.4 is 5.32 Å². The lowest BCUT2D eigenvalue weighted by molar-refractivity contribution is -0.136. The number of carbonyl (C=O) groups excluding carboxylic acids is 1. The summed E-state index contributed by atoms with van der Waals surface area (Å²) in [6.45, 7) is 2.24. The predicted molar refractivity (Wildman–Crippen MR) is 163 cm³/mol. The molecule has 6 nitrogen and oxygen atoms in total. The average Bonchev–Trinajstić information content (AvgIpc) is 2.94. The second-order valence-corrected chi connectivity index (χ2v) is 10.8. The first-order valence-corrected chi connectivity index (χ1v) is 13.9. The van der Waals surface area contributed by atoms with Crippen molar-refractivity contribution in [3.63, 3.8) is 0 Å². The fourth-order valence-corrected chi connectivity index (χ4v) is 5.10. The maximum absolute atomic E-state index is 13.1. The lowest BCUT2D eigenvalue weighted by Gasteiger charge is -2.13. The molecule has 0 bridgehead atoms. The third-order valence-corrected chi connectivity index (χ3v) is 7.27. The molecule has 0 atom stereocenters. The summed E-state index contributed by atoms with van der Waals surface area (Å²) < 4.78 is 0. The molecule has 41 heavy (non-hydrogen) atoms. The van der Waals surface area contributed by atoms with Crippen molar-refractivity contribution in [3.8, 4) is 11.3 Å². The zero-order chi connectivity index (χ0) is 28.9. The highest BCUT2D eigenvalue weighted by Gasteiger charge is 2.16. The summed E-state index contributed by atoms with van der Waals surface area (Å²) in [6.07, 6.45) is 1.19. The largest absolute Gasteiger partial charge is 0.481 e. The molecule has 0 aliphatic carbocycles. The molecule has 1 amide bonds. The van der Waals surface area contributed by atoms with Gasteiger partial charge in [0.15, 0.2) is 0 Å². The molecule has 0 aliphatic rings. The van der Waals surface area contributed by atoms with Crippen molar-refractivity contribution in [2.45, 2.75) is 32.7 Å². The molecule has 4 aromatic carbocycles. The van der Waals surface area contributed by atoms with Crippen LogP contribution >= 0.6 is 23.2 Å². The molecule has 0 saturated carbocycles. The highest BCUT2D eigenvalue weighted by atomic mass is 35.5. The number of benzene rings is 4. The number of carbonyl (C=O) groups is 2. The summed E-state index contributed by atoms with van der Waals surface area (Å²) in [5, 5.41) is 13.4. The van der Waals surface area contributed by atoms with E-state index in [0.717, 1.165) is 39.2 Å². The van der Waals surface area contributed by atoms with Gasteiger partial charge in [0.2, 0.25) is 0 Å². The zero-order valence-corrected chi connectivity index (χ0v) is 23.8. The first-order valence-electron chi connectivity index (χ1n) is 13.1. The number of nitrogens with zero attached hydrogens (tertiary/aromatic N) is 2. The number of aromatic nitrogens is 2. The van der Waals surface area contributed by atoms with Crippen LogP contribution in [0.25, 0.3) is 22.3 Å². The van der Waals surface area contributed by atoms with E-state index in [2.05, 4.69) is 5.32 Å². The molecule has 1 aromatic heterocycles. The quantitative estimate of drug-likeness (QED) is 0.190. The SMILES string of the molecule is Cc1cc2nc(-c3ccc(Cl)cc3)c(CCc3cccc(CC(=O)O)c3)nc2cc1C(=O)NCc1cccc(Cl)c1. The van der Waals surface area contributed by atoms with Crippen molar-refractivity contribution in [3.05, 3.63) is 128 Å². The average molecular weight is 585 g/mol. The van der Waals surface area contributed by atoms with Gasteiger partial charge in [-0.2, -0.15) is 0 Å². The second-order valence-electron chi connectivity index (χ2n) is 9.88. The Morgan fingerprint density at radius 3 is 2.24 bits per heavy atom. The molecule has 5 rings (SSSR count). The van der Waals surface area contributed by atoms with E-state index in [0.29, 0.717) is 46.0 Å². The molecule has 0 saturated heterocycles. The van der Waals surface area contributed by atoms with Crippen LogP contribution in [-0.4, -0.2) is 27.0 Å².